The lowest BCUT2D eigenvalue weighted by atomic mass is 10.1. The molecule has 0 N–H and O–H groups in total. The molecule has 0 spiro atoms. The Morgan fingerprint density at radius 1 is 1.10 bits per heavy atom. The molecule has 0 saturated carbocycles. The summed E-state index contributed by atoms with van der Waals surface area (Å²) in [5.74, 6) is 0.353. The van der Waals surface area contributed by atoms with E-state index in [0.29, 0.717) is 17.4 Å². The molecule has 0 aliphatic carbocycles. The van der Waals surface area contributed by atoms with Crippen molar-refractivity contribution in [2.24, 2.45) is 0 Å². The topological polar surface area (TPSA) is 85.6 Å². The summed E-state index contributed by atoms with van der Waals surface area (Å²) in [6, 6.07) is 20.8. The number of carbonyl (C=O) groups is 1. The maximum Gasteiger partial charge on any atom is 0.270 e. The zero-order valence-corrected chi connectivity index (χ0v) is 16.8. The van der Waals surface area contributed by atoms with E-state index in [2.05, 4.69) is 4.98 Å². The Morgan fingerprint density at radius 3 is 2.63 bits per heavy atom. The van der Waals surface area contributed by atoms with Gasteiger partial charge in [0, 0.05) is 17.7 Å². The van der Waals surface area contributed by atoms with Crippen LogP contribution in [0.4, 0.5) is 10.8 Å². The number of ether oxygens (including phenoxy) is 1. The number of rotatable bonds is 6. The lowest BCUT2D eigenvalue weighted by Crippen LogP contribution is -2.30. The largest absolute Gasteiger partial charge is 0.497 e. The molecule has 0 aliphatic heterocycles. The van der Waals surface area contributed by atoms with Crippen LogP contribution in [0.2, 0.25) is 0 Å². The third kappa shape index (κ3) is 3.99. The number of nitro benzene ring substituents is 1. The first-order chi connectivity index (χ1) is 14.5. The van der Waals surface area contributed by atoms with E-state index >= 15 is 0 Å². The second-order valence-electron chi connectivity index (χ2n) is 6.51. The fourth-order valence-corrected chi connectivity index (χ4v) is 4.03. The van der Waals surface area contributed by atoms with Crippen molar-refractivity contribution < 1.29 is 14.5 Å². The standard InChI is InChI=1S/C22H17N3O4S/c1-29-18-10-11-19-20(13-18)30-22(23-19)24(14-15-6-3-2-4-7-15)21(26)16-8-5-9-17(12-16)25(27)28/h2-13H,14H2,1H3. The Bertz CT molecular complexity index is 1220. The Labute approximate surface area is 176 Å². The molecule has 30 heavy (non-hydrogen) atoms. The molecule has 4 rings (SSSR count). The van der Waals surface area contributed by atoms with E-state index in [4.69, 9.17) is 4.74 Å². The van der Waals surface area contributed by atoms with E-state index in [0.717, 1.165) is 15.8 Å². The van der Waals surface area contributed by atoms with Crippen molar-refractivity contribution in [1.29, 1.82) is 0 Å². The van der Waals surface area contributed by atoms with Gasteiger partial charge in [-0.05, 0) is 29.8 Å². The number of anilines is 1. The Morgan fingerprint density at radius 2 is 1.90 bits per heavy atom. The summed E-state index contributed by atoms with van der Waals surface area (Å²) in [5, 5.41) is 11.7. The highest BCUT2D eigenvalue weighted by Gasteiger charge is 2.23. The van der Waals surface area contributed by atoms with Crippen LogP contribution in [0, 0.1) is 10.1 Å². The molecule has 3 aromatic carbocycles. The van der Waals surface area contributed by atoms with Crippen molar-refractivity contribution >= 4 is 38.3 Å². The molecule has 0 aliphatic rings. The summed E-state index contributed by atoms with van der Waals surface area (Å²) in [4.78, 5) is 30.2. The lowest BCUT2D eigenvalue weighted by Gasteiger charge is -2.20. The van der Waals surface area contributed by atoms with Crippen LogP contribution >= 0.6 is 11.3 Å². The monoisotopic (exact) mass is 419 g/mol. The second-order valence-corrected chi connectivity index (χ2v) is 7.52. The second kappa shape index (κ2) is 8.30. The molecule has 0 radical (unpaired) electrons. The van der Waals surface area contributed by atoms with Gasteiger partial charge in [-0.15, -0.1) is 0 Å². The highest BCUT2D eigenvalue weighted by molar-refractivity contribution is 7.22. The van der Waals surface area contributed by atoms with Gasteiger partial charge in [0.1, 0.15) is 5.75 Å². The number of benzene rings is 3. The molecule has 150 valence electrons. The first-order valence-electron chi connectivity index (χ1n) is 9.10. The number of nitrogens with zero attached hydrogens (tertiary/aromatic N) is 3. The molecule has 0 unspecified atom stereocenters. The highest BCUT2D eigenvalue weighted by atomic mass is 32.1. The number of thiazole rings is 1. The number of methoxy groups -OCH3 is 1. The molecular weight excluding hydrogens is 402 g/mol. The molecule has 1 amide bonds. The van der Waals surface area contributed by atoms with Gasteiger partial charge >= 0.3 is 0 Å². The Kier molecular flexibility index (Phi) is 5.40. The molecule has 1 aromatic heterocycles. The van der Waals surface area contributed by atoms with Crippen molar-refractivity contribution in [3.63, 3.8) is 0 Å². The summed E-state index contributed by atoms with van der Waals surface area (Å²) in [6.07, 6.45) is 0. The van der Waals surface area contributed by atoms with Gasteiger partial charge in [0.05, 0.1) is 28.8 Å². The molecule has 4 aromatic rings. The number of hydrogen-bond donors (Lipinski definition) is 0. The van der Waals surface area contributed by atoms with Crippen LogP contribution in [0.5, 0.6) is 5.75 Å². The number of hydrogen-bond acceptors (Lipinski definition) is 6. The lowest BCUT2D eigenvalue weighted by molar-refractivity contribution is -0.384. The van der Waals surface area contributed by atoms with E-state index in [1.165, 1.54) is 29.5 Å². The van der Waals surface area contributed by atoms with Crippen LogP contribution in [-0.2, 0) is 6.54 Å². The normalized spacial score (nSPS) is 10.7. The van der Waals surface area contributed by atoms with Crippen LogP contribution in [0.3, 0.4) is 0 Å². The summed E-state index contributed by atoms with van der Waals surface area (Å²) in [5.41, 5.74) is 1.78. The molecule has 8 heteroatoms. The van der Waals surface area contributed by atoms with Gasteiger partial charge in [0.15, 0.2) is 5.13 Å². The highest BCUT2D eigenvalue weighted by Crippen LogP contribution is 2.33. The van der Waals surface area contributed by atoms with Crippen molar-refractivity contribution in [3.05, 3.63) is 94.0 Å². The number of non-ortho nitro benzene ring substituents is 1. The van der Waals surface area contributed by atoms with Crippen molar-refractivity contribution in [3.8, 4) is 5.75 Å². The van der Waals surface area contributed by atoms with E-state index < -0.39 is 4.92 Å². The predicted molar refractivity (Wildman–Crippen MR) is 116 cm³/mol. The van der Waals surface area contributed by atoms with Crippen molar-refractivity contribution in [2.75, 3.05) is 12.0 Å². The summed E-state index contributed by atoms with van der Waals surface area (Å²) in [6.45, 7) is 0.291. The molecule has 1 heterocycles. The maximum absolute atomic E-state index is 13.4. The number of nitro groups is 1. The smallest absolute Gasteiger partial charge is 0.270 e. The average Bonchev–Trinajstić information content (AvgIpc) is 3.20. The van der Waals surface area contributed by atoms with Crippen molar-refractivity contribution in [1.82, 2.24) is 4.98 Å². The van der Waals surface area contributed by atoms with Crippen LogP contribution < -0.4 is 9.64 Å². The van der Waals surface area contributed by atoms with Crippen LogP contribution in [0.1, 0.15) is 15.9 Å². The summed E-state index contributed by atoms with van der Waals surface area (Å²) in [7, 11) is 1.59. The molecule has 0 atom stereocenters. The van der Waals surface area contributed by atoms with Gasteiger partial charge in [-0.3, -0.25) is 19.8 Å². The molecule has 0 saturated heterocycles. The number of amides is 1. The number of carbonyl (C=O) groups excluding carboxylic acids is 1. The fourth-order valence-electron chi connectivity index (χ4n) is 3.04. The minimum atomic E-state index is -0.512. The van der Waals surface area contributed by atoms with Gasteiger partial charge in [-0.25, -0.2) is 4.98 Å². The summed E-state index contributed by atoms with van der Waals surface area (Å²) < 4.78 is 6.16. The van der Waals surface area contributed by atoms with Gasteiger partial charge in [0.25, 0.3) is 11.6 Å². The Hall–Kier alpha value is -3.78. The van der Waals surface area contributed by atoms with Crippen LogP contribution in [0.15, 0.2) is 72.8 Å². The number of fused-ring (bicyclic) bond motifs is 1. The first kappa shape index (κ1) is 19.5. The maximum atomic E-state index is 13.4. The minimum Gasteiger partial charge on any atom is -0.497 e. The van der Waals surface area contributed by atoms with Crippen LogP contribution in [0.25, 0.3) is 10.2 Å². The van der Waals surface area contributed by atoms with Gasteiger partial charge in [0.2, 0.25) is 0 Å². The first-order valence-corrected chi connectivity index (χ1v) is 9.91. The average molecular weight is 419 g/mol. The van der Waals surface area contributed by atoms with E-state index in [-0.39, 0.29) is 17.2 Å². The number of aromatic nitrogens is 1. The van der Waals surface area contributed by atoms with E-state index in [1.54, 1.807) is 18.1 Å². The zero-order valence-electron chi connectivity index (χ0n) is 16.0. The third-order valence-electron chi connectivity index (χ3n) is 4.55. The molecule has 7 nitrogen and oxygen atoms in total. The fraction of sp³-hybridized carbons (Fsp3) is 0.0909. The summed E-state index contributed by atoms with van der Waals surface area (Å²) >= 11 is 1.37. The van der Waals surface area contributed by atoms with Gasteiger partial charge in [-0.1, -0.05) is 47.7 Å². The van der Waals surface area contributed by atoms with Gasteiger partial charge in [-0.2, -0.15) is 0 Å². The Balaban J connectivity index is 1.77. The van der Waals surface area contributed by atoms with Gasteiger partial charge < -0.3 is 4.74 Å². The van der Waals surface area contributed by atoms with Crippen molar-refractivity contribution in [2.45, 2.75) is 6.54 Å². The molecular formula is C22H17N3O4S. The minimum absolute atomic E-state index is 0.130. The quantitative estimate of drug-likeness (QED) is 0.322. The zero-order chi connectivity index (χ0) is 21.1. The SMILES string of the molecule is COc1ccc2nc(N(Cc3ccccc3)C(=O)c3cccc([N+](=O)[O-])c3)sc2c1. The van der Waals surface area contributed by atoms with E-state index in [9.17, 15) is 14.9 Å². The molecule has 0 bridgehead atoms. The molecule has 0 fully saturated rings. The van der Waals surface area contributed by atoms with Crippen LogP contribution in [-0.4, -0.2) is 22.9 Å². The third-order valence-corrected chi connectivity index (χ3v) is 5.59. The predicted octanol–water partition coefficient (Wildman–Crippen LogP) is 5.06. The van der Waals surface area contributed by atoms with E-state index in [1.807, 2.05) is 48.5 Å².